The summed E-state index contributed by atoms with van der Waals surface area (Å²) in [6, 6.07) is 14.8. The zero-order chi connectivity index (χ0) is 17.9. The first-order chi connectivity index (χ1) is 12.7. The van der Waals surface area contributed by atoms with E-state index in [9.17, 15) is 4.79 Å². The molecule has 2 aromatic carbocycles. The third kappa shape index (κ3) is 3.83. The van der Waals surface area contributed by atoms with Crippen LogP contribution >= 0.6 is 0 Å². The lowest BCUT2D eigenvalue weighted by atomic mass is 10.0. The van der Waals surface area contributed by atoms with E-state index in [0.29, 0.717) is 0 Å². The van der Waals surface area contributed by atoms with Crippen LogP contribution in [0.3, 0.4) is 0 Å². The lowest BCUT2D eigenvalue weighted by molar-refractivity contribution is 0.0940. The molecule has 0 radical (unpaired) electrons. The van der Waals surface area contributed by atoms with E-state index in [1.54, 1.807) is 0 Å². The van der Waals surface area contributed by atoms with Crippen LogP contribution in [0, 0.1) is 0 Å². The number of nitrogens with one attached hydrogen (secondary N) is 1. The lowest BCUT2D eigenvalue weighted by Crippen LogP contribution is -2.26. The van der Waals surface area contributed by atoms with Crippen molar-refractivity contribution in [1.82, 2.24) is 10.2 Å². The molecule has 3 nitrogen and oxygen atoms in total. The Labute approximate surface area is 156 Å². The number of nitrogens with zero attached hydrogens (tertiary/aromatic N) is 1. The Bertz CT molecular complexity index is 775. The number of benzene rings is 2. The second-order valence-electron chi connectivity index (χ2n) is 7.76. The molecule has 26 heavy (non-hydrogen) atoms. The van der Waals surface area contributed by atoms with Crippen molar-refractivity contribution in [2.75, 3.05) is 13.1 Å². The minimum Gasteiger partial charge on any atom is -0.346 e. The van der Waals surface area contributed by atoms with Gasteiger partial charge in [0.05, 0.1) is 6.04 Å². The molecule has 0 saturated carbocycles. The fourth-order valence-electron chi connectivity index (χ4n) is 4.18. The second-order valence-corrected chi connectivity index (χ2v) is 7.76. The van der Waals surface area contributed by atoms with Gasteiger partial charge in [0.25, 0.3) is 5.91 Å². The molecule has 1 aliphatic carbocycles. The van der Waals surface area contributed by atoms with Gasteiger partial charge in [0, 0.05) is 12.1 Å². The smallest absolute Gasteiger partial charge is 0.251 e. The van der Waals surface area contributed by atoms with Crippen LogP contribution < -0.4 is 5.32 Å². The highest BCUT2D eigenvalue weighted by Crippen LogP contribution is 2.25. The molecular formula is C23H28N2O. The van der Waals surface area contributed by atoms with Gasteiger partial charge in [0.15, 0.2) is 0 Å². The van der Waals surface area contributed by atoms with Crippen LogP contribution in [0.1, 0.15) is 64.8 Å². The molecule has 1 atom stereocenters. The molecular weight excluding hydrogens is 320 g/mol. The van der Waals surface area contributed by atoms with Gasteiger partial charge < -0.3 is 5.32 Å². The molecule has 1 fully saturated rings. The molecule has 1 saturated heterocycles. The molecule has 0 aromatic heterocycles. The predicted molar refractivity (Wildman–Crippen MR) is 105 cm³/mol. The number of carbonyl (C=O) groups excluding carboxylic acids is 1. The first-order valence-electron chi connectivity index (χ1n) is 9.93. The maximum Gasteiger partial charge on any atom is 0.251 e. The molecule has 1 heterocycles. The van der Waals surface area contributed by atoms with E-state index in [4.69, 9.17) is 0 Å². The fraction of sp³-hybridized carbons (Fsp3) is 0.435. The zero-order valence-electron chi connectivity index (χ0n) is 15.6. The summed E-state index contributed by atoms with van der Waals surface area (Å²) in [6.45, 7) is 5.45. The monoisotopic (exact) mass is 348 g/mol. The number of fused-ring (bicyclic) bond motifs is 1. The van der Waals surface area contributed by atoms with Gasteiger partial charge in [0.1, 0.15) is 0 Å². The summed E-state index contributed by atoms with van der Waals surface area (Å²) >= 11 is 0. The molecule has 1 aliphatic heterocycles. The Morgan fingerprint density at radius 3 is 2.50 bits per heavy atom. The normalized spacial score (nSPS) is 17.9. The number of carbonyl (C=O) groups is 1. The van der Waals surface area contributed by atoms with Crippen LogP contribution in [0.2, 0.25) is 0 Å². The minimum absolute atomic E-state index is 0.00530. The second kappa shape index (κ2) is 7.63. The molecule has 0 spiro atoms. The summed E-state index contributed by atoms with van der Waals surface area (Å²) in [6.07, 6.45) is 6.23. The summed E-state index contributed by atoms with van der Waals surface area (Å²) in [5.74, 6) is 0.00530. The number of amides is 1. The highest BCUT2D eigenvalue weighted by atomic mass is 16.1. The zero-order valence-corrected chi connectivity index (χ0v) is 15.6. The number of hydrogen-bond donors (Lipinski definition) is 1. The van der Waals surface area contributed by atoms with E-state index in [-0.39, 0.29) is 11.9 Å². The number of rotatable bonds is 5. The van der Waals surface area contributed by atoms with E-state index < -0.39 is 0 Å². The molecule has 2 aromatic rings. The predicted octanol–water partition coefficient (Wildman–Crippen LogP) is 4.26. The quantitative estimate of drug-likeness (QED) is 0.875. The summed E-state index contributed by atoms with van der Waals surface area (Å²) in [4.78, 5) is 15.1. The van der Waals surface area contributed by atoms with Crippen LogP contribution in [0.5, 0.6) is 0 Å². The highest BCUT2D eigenvalue weighted by molar-refractivity contribution is 5.94. The molecule has 2 aliphatic rings. The SMILES string of the molecule is CC(NC(=O)c1ccc(CN2CCCC2)cc1)c1ccc2c(c1)CCC2. The molecule has 1 unspecified atom stereocenters. The van der Waals surface area contributed by atoms with Crippen molar-refractivity contribution >= 4 is 5.91 Å². The molecule has 3 heteroatoms. The average molecular weight is 348 g/mol. The van der Waals surface area contributed by atoms with Crippen molar-refractivity contribution in [3.8, 4) is 0 Å². The van der Waals surface area contributed by atoms with Crippen molar-refractivity contribution in [2.24, 2.45) is 0 Å². The van der Waals surface area contributed by atoms with Crippen molar-refractivity contribution in [3.63, 3.8) is 0 Å². The Balaban J connectivity index is 1.37. The first-order valence-corrected chi connectivity index (χ1v) is 9.93. The van der Waals surface area contributed by atoms with Crippen LogP contribution in [0.25, 0.3) is 0 Å². The van der Waals surface area contributed by atoms with Crippen molar-refractivity contribution in [1.29, 1.82) is 0 Å². The number of aryl methyl sites for hydroxylation is 2. The van der Waals surface area contributed by atoms with Gasteiger partial charge >= 0.3 is 0 Å². The van der Waals surface area contributed by atoms with Crippen LogP contribution in [-0.4, -0.2) is 23.9 Å². The summed E-state index contributed by atoms with van der Waals surface area (Å²) in [7, 11) is 0. The Kier molecular flexibility index (Phi) is 5.07. The maximum absolute atomic E-state index is 12.6. The van der Waals surface area contributed by atoms with Gasteiger partial charge in [-0.2, -0.15) is 0 Å². The third-order valence-corrected chi connectivity index (χ3v) is 5.79. The van der Waals surface area contributed by atoms with Crippen LogP contribution in [0.4, 0.5) is 0 Å². The first kappa shape index (κ1) is 17.3. The summed E-state index contributed by atoms with van der Waals surface area (Å²) < 4.78 is 0. The Morgan fingerprint density at radius 2 is 1.73 bits per heavy atom. The van der Waals surface area contributed by atoms with Crippen LogP contribution in [-0.2, 0) is 19.4 Å². The number of hydrogen-bond acceptors (Lipinski definition) is 2. The van der Waals surface area contributed by atoms with E-state index in [2.05, 4.69) is 47.5 Å². The standard InChI is InChI=1S/C23H28N2O/c1-17(21-12-11-19-5-4-6-22(19)15-21)24-23(26)20-9-7-18(8-10-20)16-25-13-2-3-14-25/h7-12,15,17H,2-6,13-14,16H2,1H3,(H,24,26). The summed E-state index contributed by atoms with van der Waals surface area (Å²) in [5.41, 5.74) is 6.15. The van der Waals surface area contributed by atoms with Gasteiger partial charge in [-0.1, -0.05) is 30.3 Å². The topological polar surface area (TPSA) is 32.3 Å². The third-order valence-electron chi connectivity index (χ3n) is 5.79. The minimum atomic E-state index is 0.00530. The average Bonchev–Trinajstić information content (AvgIpc) is 3.33. The summed E-state index contributed by atoms with van der Waals surface area (Å²) in [5, 5.41) is 3.15. The Hall–Kier alpha value is -2.13. The van der Waals surface area contributed by atoms with E-state index in [1.807, 2.05) is 12.1 Å². The number of likely N-dealkylation sites (tertiary alicyclic amines) is 1. The molecule has 0 bridgehead atoms. The molecule has 4 rings (SSSR count). The van der Waals surface area contributed by atoms with E-state index in [1.165, 1.54) is 67.4 Å². The van der Waals surface area contributed by atoms with Gasteiger partial charge in [-0.15, -0.1) is 0 Å². The van der Waals surface area contributed by atoms with Gasteiger partial charge in [0.2, 0.25) is 0 Å². The van der Waals surface area contributed by atoms with Crippen molar-refractivity contribution in [3.05, 3.63) is 70.3 Å². The largest absolute Gasteiger partial charge is 0.346 e. The van der Waals surface area contributed by atoms with E-state index in [0.717, 1.165) is 12.1 Å². The van der Waals surface area contributed by atoms with E-state index >= 15 is 0 Å². The molecule has 136 valence electrons. The van der Waals surface area contributed by atoms with Crippen LogP contribution in [0.15, 0.2) is 42.5 Å². The maximum atomic E-state index is 12.6. The lowest BCUT2D eigenvalue weighted by Gasteiger charge is -2.17. The van der Waals surface area contributed by atoms with Gasteiger partial charge in [-0.25, -0.2) is 0 Å². The molecule has 1 N–H and O–H groups in total. The highest BCUT2D eigenvalue weighted by Gasteiger charge is 2.16. The molecule has 1 amide bonds. The van der Waals surface area contributed by atoms with Crippen molar-refractivity contribution in [2.45, 2.75) is 51.6 Å². The van der Waals surface area contributed by atoms with Gasteiger partial charge in [-0.3, -0.25) is 9.69 Å². The fourth-order valence-corrected chi connectivity index (χ4v) is 4.18. The van der Waals surface area contributed by atoms with Gasteiger partial charge in [-0.05, 0) is 86.5 Å². The Morgan fingerprint density at radius 1 is 1.00 bits per heavy atom. The van der Waals surface area contributed by atoms with Crippen molar-refractivity contribution < 1.29 is 4.79 Å².